The molecule has 0 spiro atoms. The summed E-state index contributed by atoms with van der Waals surface area (Å²) in [6.07, 6.45) is 9.71. The van der Waals surface area contributed by atoms with Gasteiger partial charge in [-0.3, -0.25) is 9.59 Å². The van der Waals surface area contributed by atoms with Gasteiger partial charge in [-0.1, -0.05) is 55.4 Å². The minimum absolute atomic E-state index is 0. The maximum absolute atomic E-state index is 10.9. The van der Waals surface area contributed by atoms with E-state index in [1.54, 1.807) is 18.2 Å². The van der Waals surface area contributed by atoms with Crippen molar-refractivity contribution in [3.8, 4) is 0 Å². The number of esters is 2. The predicted octanol–water partition coefficient (Wildman–Crippen LogP) is 6.35. The highest BCUT2D eigenvalue weighted by atomic mass is 16.6. The molecule has 0 amide bonds. The molecule has 240 valence electrons. The molecule has 0 aromatic heterocycles. The van der Waals surface area contributed by atoms with Crippen molar-refractivity contribution in [2.75, 3.05) is 52.9 Å². The van der Waals surface area contributed by atoms with Crippen LogP contribution in [0.2, 0.25) is 0 Å². The summed E-state index contributed by atoms with van der Waals surface area (Å²) in [7, 11) is 0. The first-order valence-corrected chi connectivity index (χ1v) is 12.2. The predicted molar refractivity (Wildman–Crippen MR) is 165 cm³/mol. The van der Waals surface area contributed by atoms with Crippen molar-refractivity contribution < 1.29 is 42.7 Å². The molecule has 9 nitrogen and oxygen atoms in total. The molecule has 4 saturated heterocycles. The summed E-state index contributed by atoms with van der Waals surface area (Å²) < 4.78 is 34.3. The highest BCUT2D eigenvalue weighted by molar-refractivity contribution is 5.69. The number of rotatable bonds is 15. The molecule has 0 radical (unpaired) electrons. The van der Waals surface area contributed by atoms with E-state index in [9.17, 15) is 9.59 Å². The summed E-state index contributed by atoms with van der Waals surface area (Å²) >= 11 is 0. The number of ether oxygens (including phenoxy) is 7. The lowest BCUT2D eigenvalue weighted by Gasteiger charge is -2.00. The number of epoxide rings is 4. The molecular weight excluding hydrogens is 516 g/mol. The Morgan fingerprint density at radius 3 is 1.50 bits per heavy atom. The van der Waals surface area contributed by atoms with Crippen molar-refractivity contribution in [2.24, 2.45) is 0 Å². The normalized spacial score (nSPS) is 20.8. The van der Waals surface area contributed by atoms with Gasteiger partial charge >= 0.3 is 11.9 Å². The molecule has 0 aromatic carbocycles. The smallest absolute Gasteiger partial charge is 0.306 e. The fourth-order valence-corrected chi connectivity index (χ4v) is 2.02. The second kappa shape index (κ2) is 31.5. The highest BCUT2D eigenvalue weighted by Crippen LogP contribution is 2.13. The Kier molecular flexibility index (Phi) is 37.6. The largest absolute Gasteiger partial charge is 0.466 e. The molecule has 0 aromatic rings. The first kappa shape index (κ1) is 47.7. The SMILES string of the molecule is C.C.C.C.C.C=CCCC(=O)OCC1CO1.C=CCCC(=O)OCCC1CO1.C=CCOCC1CO1.CC1CO1. The highest BCUT2D eigenvalue weighted by Gasteiger charge is 2.24. The van der Waals surface area contributed by atoms with E-state index in [0.717, 1.165) is 39.5 Å². The molecule has 4 heterocycles. The standard InChI is InChI=1S/C9H14O3.C8H12O3.C6H10O2.C3H6O.5CH4/c1-2-3-4-9(10)11-6-5-8-7-12-8;1-2-3-4-8(9)11-6-7-5-10-7;1-2-3-7-4-6-5-8-6;1-3-2-4-3;;;;;/h2,8H,1,3-7H2;2,7H,1,3-6H2;2,6H,1,3-5H2;3H,2H2,1H3;5*1H4. The summed E-state index contributed by atoms with van der Waals surface area (Å²) in [5.41, 5.74) is 0. The molecule has 4 aliphatic heterocycles. The van der Waals surface area contributed by atoms with Gasteiger partial charge in [0.25, 0.3) is 0 Å². The second-order valence-corrected chi connectivity index (χ2v) is 8.18. The van der Waals surface area contributed by atoms with Crippen molar-refractivity contribution >= 4 is 11.9 Å². The molecule has 4 aliphatic rings. The molecule has 9 heteroatoms. The van der Waals surface area contributed by atoms with Crippen molar-refractivity contribution in [1.29, 1.82) is 0 Å². The third-order valence-electron chi connectivity index (χ3n) is 4.48. The third kappa shape index (κ3) is 38.1. The van der Waals surface area contributed by atoms with Crippen molar-refractivity contribution in [1.82, 2.24) is 0 Å². The summed E-state index contributed by atoms with van der Waals surface area (Å²) in [4.78, 5) is 21.7. The maximum Gasteiger partial charge on any atom is 0.306 e. The van der Waals surface area contributed by atoms with Crippen molar-refractivity contribution in [3.63, 3.8) is 0 Å². The summed E-state index contributed by atoms with van der Waals surface area (Å²) in [6.45, 7) is 18.3. The maximum atomic E-state index is 10.9. The fourth-order valence-electron chi connectivity index (χ4n) is 2.02. The molecule has 0 aliphatic carbocycles. The van der Waals surface area contributed by atoms with Gasteiger partial charge in [-0.2, -0.15) is 0 Å². The van der Waals surface area contributed by atoms with E-state index in [-0.39, 0.29) is 55.2 Å². The number of carbonyl (C=O) groups excluding carboxylic acids is 2. The van der Waals surface area contributed by atoms with E-state index in [4.69, 9.17) is 33.2 Å². The van der Waals surface area contributed by atoms with Gasteiger partial charge in [0.15, 0.2) is 0 Å². The van der Waals surface area contributed by atoms with E-state index >= 15 is 0 Å². The molecule has 0 saturated carbocycles. The van der Waals surface area contributed by atoms with Crippen LogP contribution in [0.1, 0.15) is 76.2 Å². The summed E-state index contributed by atoms with van der Waals surface area (Å²) in [5, 5.41) is 0. The van der Waals surface area contributed by atoms with Gasteiger partial charge in [0.1, 0.15) is 18.8 Å². The van der Waals surface area contributed by atoms with Crippen LogP contribution in [0.3, 0.4) is 0 Å². The third-order valence-corrected chi connectivity index (χ3v) is 4.48. The number of hydrogen-bond donors (Lipinski definition) is 0. The molecule has 40 heavy (non-hydrogen) atoms. The fraction of sp³-hybridized carbons (Fsp3) is 0.742. The van der Waals surface area contributed by atoms with E-state index in [1.807, 2.05) is 0 Å². The monoisotopic (exact) mass is 578 g/mol. The zero-order valence-corrected chi connectivity index (χ0v) is 21.0. The molecular formula is C31H62O9. The van der Waals surface area contributed by atoms with Gasteiger partial charge in [0, 0.05) is 19.3 Å². The molecule has 4 atom stereocenters. The second-order valence-electron chi connectivity index (χ2n) is 8.18. The van der Waals surface area contributed by atoms with Gasteiger partial charge in [-0.05, 0) is 19.8 Å². The zero-order chi connectivity index (χ0) is 25.7. The van der Waals surface area contributed by atoms with Crippen LogP contribution >= 0.6 is 0 Å². The minimum Gasteiger partial charge on any atom is -0.466 e. The summed E-state index contributed by atoms with van der Waals surface area (Å²) in [6, 6.07) is 0. The van der Waals surface area contributed by atoms with Crippen molar-refractivity contribution in [2.45, 2.75) is 101 Å². The van der Waals surface area contributed by atoms with Crippen LogP contribution in [0.4, 0.5) is 0 Å². The first-order valence-electron chi connectivity index (χ1n) is 12.2. The Hall–Kier alpha value is -2.04. The Morgan fingerprint density at radius 2 is 1.12 bits per heavy atom. The van der Waals surface area contributed by atoms with E-state index in [0.29, 0.717) is 63.8 Å². The number of allylic oxidation sites excluding steroid dienone is 2. The Morgan fingerprint density at radius 1 is 0.700 bits per heavy atom. The van der Waals surface area contributed by atoms with Crippen LogP contribution in [-0.2, 0) is 42.7 Å². The van der Waals surface area contributed by atoms with E-state index in [2.05, 4.69) is 26.7 Å². The van der Waals surface area contributed by atoms with Crippen LogP contribution in [0.25, 0.3) is 0 Å². The summed E-state index contributed by atoms with van der Waals surface area (Å²) in [5.74, 6) is -0.309. The van der Waals surface area contributed by atoms with Gasteiger partial charge in [0.05, 0.1) is 58.5 Å². The quantitative estimate of drug-likeness (QED) is 0.0949. The molecule has 0 bridgehead atoms. The lowest BCUT2D eigenvalue weighted by molar-refractivity contribution is -0.144. The van der Waals surface area contributed by atoms with Crippen LogP contribution in [0.15, 0.2) is 38.0 Å². The average molecular weight is 579 g/mol. The van der Waals surface area contributed by atoms with Crippen molar-refractivity contribution in [3.05, 3.63) is 38.0 Å². The zero-order valence-electron chi connectivity index (χ0n) is 21.0. The average Bonchev–Trinajstić information content (AvgIpc) is 3.66. The number of carbonyl (C=O) groups is 2. The van der Waals surface area contributed by atoms with E-state index in [1.165, 1.54) is 0 Å². The van der Waals surface area contributed by atoms with Crippen LogP contribution in [-0.4, -0.2) is 89.2 Å². The minimum atomic E-state index is -0.166. The lowest BCUT2D eigenvalue weighted by atomic mass is 10.3. The molecule has 4 fully saturated rings. The Balaban J connectivity index is -0.000000136. The Bertz CT molecular complexity index is 608. The molecule has 4 unspecified atom stereocenters. The first-order chi connectivity index (χ1) is 17.0. The van der Waals surface area contributed by atoms with Gasteiger partial charge in [-0.15, -0.1) is 19.7 Å². The van der Waals surface area contributed by atoms with Gasteiger partial charge < -0.3 is 33.2 Å². The topological polar surface area (TPSA) is 112 Å². The molecule has 4 rings (SSSR count). The number of hydrogen-bond acceptors (Lipinski definition) is 9. The van der Waals surface area contributed by atoms with Crippen LogP contribution in [0.5, 0.6) is 0 Å². The van der Waals surface area contributed by atoms with E-state index < -0.39 is 0 Å². The van der Waals surface area contributed by atoms with Gasteiger partial charge in [0.2, 0.25) is 0 Å². The molecule has 0 N–H and O–H groups in total. The van der Waals surface area contributed by atoms with Gasteiger partial charge in [-0.25, -0.2) is 0 Å². The van der Waals surface area contributed by atoms with Crippen LogP contribution in [0, 0.1) is 0 Å². The Labute approximate surface area is 246 Å². The van der Waals surface area contributed by atoms with Crippen LogP contribution < -0.4 is 0 Å². The lowest BCUT2D eigenvalue weighted by Crippen LogP contribution is -2.08.